The molecule has 0 atom stereocenters. The van der Waals surface area contributed by atoms with E-state index >= 15 is 0 Å². The number of aromatic nitrogens is 1. The zero-order chi connectivity index (χ0) is 14.5. The second kappa shape index (κ2) is 6.04. The van der Waals surface area contributed by atoms with E-state index in [1.165, 1.54) is 7.11 Å². The summed E-state index contributed by atoms with van der Waals surface area (Å²) in [6.45, 7) is 1.78. The van der Waals surface area contributed by atoms with Crippen molar-refractivity contribution in [2.75, 3.05) is 7.11 Å². The van der Waals surface area contributed by atoms with Crippen molar-refractivity contribution in [3.05, 3.63) is 47.2 Å². The molecule has 102 valence electrons. The van der Waals surface area contributed by atoms with Gasteiger partial charge in [0.05, 0.1) is 25.3 Å². The van der Waals surface area contributed by atoms with Gasteiger partial charge in [0, 0.05) is 17.8 Å². The van der Waals surface area contributed by atoms with Crippen LogP contribution in [0.2, 0.25) is 0 Å². The number of nitriles is 1. The van der Waals surface area contributed by atoms with Gasteiger partial charge in [-0.3, -0.25) is 0 Å². The molecule has 5 nitrogen and oxygen atoms in total. The zero-order valence-electron chi connectivity index (χ0n) is 11.3. The molecule has 0 unspecified atom stereocenters. The standard InChI is InChI=1S/C15H14N2O3/c1-10-5-12(9-18)8-17-15(10)20-13-4-3-11(7-16)6-14(13)19-2/h3-6,8,18H,9H2,1-2H3. The van der Waals surface area contributed by atoms with E-state index in [0.29, 0.717) is 22.9 Å². The number of nitrogens with zero attached hydrogens (tertiary/aromatic N) is 2. The number of ether oxygens (including phenoxy) is 2. The molecule has 0 fully saturated rings. The molecule has 0 aliphatic heterocycles. The van der Waals surface area contributed by atoms with E-state index in [1.807, 2.05) is 13.0 Å². The first-order valence-corrected chi connectivity index (χ1v) is 6.00. The maximum Gasteiger partial charge on any atom is 0.222 e. The minimum atomic E-state index is -0.0612. The fourth-order valence-corrected chi connectivity index (χ4v) is 1.74. The summed E-state index contributed by atoms with van der Waals surface area (Å²) in [5.74, 6) is 1.39. The van der Waals surface area contributed by atoms with E-state index in [2.05, 4.69) is 4.98 Å². The molecule has 0 aliphatic rings. The summed E-state index contributed by atoms with van der Waals surface area (Å²) in [6, 6.07) is 8.76. The van der Waals surface area contributed by atoms with E-state index in [-0.39, 0.29) is 6.61 Å². The van der Waals surface area contributed by atoms with Crippen LogP contribution in [-0.2, 0) is 6.61 Å². The van der Waals surface area contributed by atoms with Crippen molar-refractivity contribution in [1.29, 1.82) is 5.26 Å². The van der Waals surface area contributed by atoms with Crippen LogP contribution in [-0.4, -0.2) is 17.2 Å². The van der Waals surface area contributed by atoms with E-state index < -0.39 is 0 Å². The molecule has 1 heterocycles. The Morgan fingerprint density at radius 3 is 2.70 bits per heavy atom. The van der Waals surface area contributed by atoms with Crippen molar-refractivity contribution in [3.63, 3.8) is 0 Å². The first-order chi connectivity index (χ1) is 9.67. The summed E-state index contributed by atoms with van der Waals surface area (Å²) in [6.07, 6.45) is 1.55. The van der Waals surface area contributed by atoms with Crippen molar-refractivity contribution in [2.45, 2.75) is 13.5 Å². The van der Waals surface area contributed by atoms with Gasteiger partial charge in [-0.05, 0) is 30.7 Å². The number of hydrogen-bond donors (Lipinski definition) is 1. The third-order valence-corrected chi connectivity index (χ3v) is 2.77. The molecule has 0 radical (unpaired) electrons. The zero-order valence-corrected chi connectivity index (χ0v) is 11.3. The van der Waals surface area contributed by atoms with Crippen LogP contribution < -0.4 is 9.47 Å². The summed E-state index contributed by atoms with van der Waals surface area (Å²) in [4.78, 5) is 4.16. The van der Waals surface area contributed by atoms with Crippen molar-refractivity contribution in [2.24, 2.45) is 0 Å². The van der Waals surface area contributed by atoms with Crippen LogP contribution in [0.5, 0.6) is 17.4 Å². The lowest BCUT2D eigenvalue weighted by Crippen LogP contribution is -1.96. The molecule has 0 aliphatic carbocycles. The number of rotatable bonds is 4. The molecule has 0 spiro atoms. The predicted octanol–water partition coefficient (Wildman–Crippen LogP) is 2.55. The van der Waals surface area contributed by atoms with Crippen LogP contribution >= 0.6 is 0 Å². The summed E-state index contributed by atoms with van der Waals surface area (Å²) in [5, 5.41) is 17.9. The number of benzene rings is 1. The predicted molar refractivity (Wildman–Crippen MR) is 72.7 cm³/mol. The van der Waals surface area contributed by atoms with Gasteiger partial charge in [0.2, 0.25) is 5.88 Å². The number of aryl methyl sites for hydroxylation is 1. The van der Waals surface area contributed by atoms with Crippen LogP contribution in [0.15, 0.2) is 30.5 Å². The smallest absolute Gasteiger partial charge is 0.222 e. The van der Waals surface area contributed by atoms with Gasteiger partial charge in [0.1, 0.15) is 0 Å². The Hall–Kier alpha value is -2.58. The first kappa shape index (κ1) is 13.8. The molecule has 1 N–H and O–H groups in total. The SMILES string of the molecule is COc1cc(C#N)ccc1Oc1ncc(CO)cc1C. The number of aliphatic hydroxyl groups excluding tert-OH is 1. The minimum Gasteiger partial charge on any atom is -0.493 e. The molecule has 0 amide bonds. The number of hydrogen-bond acceptors (Lipinski definition) is 5. The molecule has 1 aromatic carbocycles. The molecular weight excluding hydrogens is 256 g/mol. The van der Waals surface area contributed by atoms with Crippen molar-refractivity contribution < 1.29 is 14.6 Å². The fraction of sp³-hybridized carbons (Fsp3) is 0.200. The van der Waals surface area contributed by atoms with E-state index in [0.717, 1.165) is 11.1 Å². The van der Waals surface area contributed by atoms with Crippen LogP contribution in [0.3, 0.4) is 0 Å². The van der Waals surface area contributed by atoms with Crippen LogP contribution in [0, 0.1) is 18.3 Å². The summed E-state index contributed by atoms with van der Waals surface area (Å²) >= 11 is 0. The number of pyridine rings is 1. The van der Waals surface area contributed by atoms with Gasteiger partial charge >= 0.3 is 0 Å². The average molecular weight is 270 g/mol. The van der Waals surface area contributed by atoms with Gasteiger partial charge in [-0.25, -0.2) is 4.98 Å². The summed E-state index contributed by atoms with van der Waals surface area (Å²) in [5.41, 5.74) is 2.03. The average Bonchev–Trinajstić information content (AvgIpc) is 2.49. The highest BCUT2D eigenvalue weighted by molar-refractivity contribution is 5.48. The molecule has 0 bridgehead atoms. The maximum atomic E-state index is 9.05. The number of aliphatic hydroxyl groups is 1. The summed E-state index contributed by atoms with van der Waals surface area (Å²) in [7, 11) is 1.51. The fourth-order valence-electron chi connectivity index (χ4n) is 1.74. The van der Waals surface area contributed by atoms with Gasteiger partial charge < -0.3 is 14.6 Å². The molecule has 2 rings (SSSR count). The molecule has 20 heavy (non-hydrogen) atoms. The first-order valence-electron chi connectivity index (χ1n) is 6.00. The molecule has 2 aromatic rings. The Morgan fingerprint density at radius 1 is 1.30 bits per heavy atom. The lowest BCUT2D eigenvalue weighted by molar-refractivity contribution is 0.281. The minimum absolute atomic E-state index is 0.0612. The Morgan fingerprint density at radius 2 is 2.10 bits per heavy atom. The van der Waals surface area contributed by atoms with Crippen LogP contribution in [0.1, 0.15) is 16.7 Å². The van der Waals surface area contributed by atoms with E-state index in [1.54, 1.807) is 30.5 Å². The van der Waals surface area contributed by atoms with Gasteiger partial charge in [-0.2, -0.15) is 5.26 Å². The quantitative estimate of drug-likeness (QED) is 0.924. The topological polar surface area (TPSA) is 75.4 Å². The monoisotopic (exact) mass is 270 g/mol. The molecule has 0 saturated heterocycles. The van der Waals surface area contributed by atoms with Gasteiger partial charge in [0.25, 0.3) is 0 Å². The third-order valence-electron chi connectivity index (χ3n) is 2.77. The highest BCUT2D eigenvalue weighted by Gasteiger charge is 2.10. The van der Waals surface area contributed by atoms with Crippen LogP contribution in [0.4, 0.5) is 0 Å². The maximum absolute atomic E-state index is 9.05. The van der Waals surface area contributed by atoms with Crippen molar-refractivity contribution >= 4 is 0 Å². The number of methoxy groups -OCH3 is 1. The van der Waals surface area contributed by atoms with Crippen LogP contribution in [0.25, 0.3) is 0 Å². The Labute approximate surface area is 117 Å². The van der Waals surface area contributed by atoms with Crippen molar-refractivity contribution in [3.8, 4) is 23.4 Å². The Bertz CT molecular complexity index is 663. The summed E-state index contributed by atoms with van der Waals surface area (Å²) < 4.78 is 10.9. The molecule has 5 heteroatoms. The van der Waals surface area contributed by atoms with E-state index in [9.17, 15) is 0 Å². The van der Waals surface area contributed by atoms with Gasteiger partial charge in [-0.15, -0.1) is 0 Å². The molecule has 1 aromatic heterocycles. The Balaban J connectivity index is 2.32. The van der Waals surface area contributed by atoms with Crippen molar-refractivity contribution in [1.82, 2.24) is 4.98 Å². The third kappa shape index (κ3) is 2.87. The van der Waals surface area contributed by atoms with E-state index in [4.69, 9.17) is 19.8 Å². The Kier molecular flexibility index (Phi) is 4.18. The van der Waals surface area contributed by atoms with Gasteiger partial charge in [0.15, 0.2) is 11.5 Å². The highest BCUT2D eigenvalue weighted by Crippen LogP contribution is 2.32. The second-order valence-electron chi connectivity index (χ2n) is 4.20. The normalized spacial score (nSPS) is 9.90. The molecule has 0 saturated carbocycles. The largest absolute Gasteiger partial charge is 0.493 e. The lowest BCUT2D eigenvalue weighted by atomic mass is 10.2. The molecular formula is C15H14N2O3. The lowest BCUT2D eigenvalue weighted by Gasteiger charge is -2.11. The van der Waals surface area contributed by atoms with Gasteiger partial charge in [-0.1, -0.05) is 0 Å². The highest BCUT2D eigenvalue weighted by atomic mass is 16.5. The second-order valence-corrected chi connectivity index (χ2v) is 4.20.